The number of thiazole rings is 1. The molecule has 0 unspecified atom stereocenters. The first kappa shape index (κ1) is 66.1. The fourth-order valence-corrected chi connectivity index (χ4v) is 12.9. The molecule has 8 atom stereocenters. The van der Waals surface area contributed by atoms with Crippen LogP contribution >= 0.6 is 18.9 Å². The van der Waals surface area contributed by atoms with E-state index in [2.05, 4.69) is 31.2 Å². The lowest BCUT2D eigenvalue weighted by atomic mass is 9.85. The summed E-state index contributed by atoms with van der Waals surface area (Å²) in [5.41, 5.74) is 8.65. The Balaban J connectivity index is 0.882. The van der Waals surface area contributed by atoms with E-state index in [1.54, 1.807) is 39.3 Å². The average molecular weight is 1260 g/mol. The largest absolute Gasteiger partial charge is 0.488 e. The third-order valence-corrected chi connectivity index (χ3v) is 18.1. The molecule has 5 aromatic rings. The Hall–Kier alpha value is -7.90. The van der Waals surface area contributed by atoms with Crippen LogP contribution in [0.4, 0.5) is 4.39 Å². The van der Waals surface area contributed by atoms with Crippen molar-refractivity contribution in [1.82, 2.24) is 45.9 Å². The van der Waals surface area contributed by atoms with Crippen molar-refractivity contribution < 1.29 is 71.7 Å². The molecule has 3 fully saturated rings. The minimum absolute atomic E-state index is 0.00745. The molecule has 0 saturated carbocycles. The number of primary amides is 1. The molecule has 0 spiro atoms. The zero-order chi connectivity index (χ0) is 64.1. The van der Waals surface area contributed by atoms with E-state index in [-0.39, 0.29) is 105 Å². The number of aromatic nitrogens is 2. The molecule has 8 amide bonds. The van der Waals surface area contributed by atoms with Crippen molar-refractivity contribution in [1.29, 1.82) is 0 Å². The Labute approximate surface area is 512 Å². The van der Waals surface area contributed by atoms with Crippen LogP contribution in [0.15, 0.2) is 66.2 Å². The summed E-state index contributed by atoms with van der Waals surface area (Å²) in [6.45, 7) is 11.6. The number of carbonyl (C=O) groups excluding carboxylic acids is 9. The minimum Gasteiger partial charge on any atom is -0.488 e. The average Bonchev–Trinajstić information content (AvgIpc) is 1.89. The van der Waals surface area contributed by atoms with Crippen LogP contribution in [-0.2, 0) is 44.5 Å². The fourth-order valence-electron chi connectivity index (χ4n) is 11.6. The van der Waals surface area contributed by atoms with E-state index >= 15 is 4.39 Å². The second-order valence-electron chi connectivity index (χ2n) is 24.1. The van der Waals surface area contributed by atoms with E-state index in [0.717, 1.165) is 21.7 Å². The number of ether oxygens (including phenoxy) is 1. The molecule has 2 aromatic heterocycles. The number of nitrogens with two attached hydrogens (primary N) is 1. The van der Waals surface area contributed by atoms with Crippen molar-refractivity contribution in [3.05, 3.63) is 106 Å². The summed E-state index contributed by atoms with van der Waals surface area (Å²) in [7, 11) is -5.11. The van der Waals surface area contributed by atoms with E-state index in [0.29, 0.717) is 23.9 Å². The zero-order valence-electron chi connectivity index (χ0n) is 50.1. The van der Waals surface area contributed by atoms with Crippen LogP contribution < -0.4 is 31.7 Å². The lowest BCUT2D eigenvalue weighted by Gasteiger charge is -2.38. The van der Waals surface area contributed by atoms with Gasteiger partial charge in [-0.3, -0.25) is 47.7 Å². The summed E-state index contributed by atoms with van der Waals surface area (Å²) in [4.78, 5) is 153. The van der Waals surface area contributed by atoms with Gasteiger partial charge in [-0.15, -0.1) is 11.3 Å². The third kappa shape index (κ3) is 15.9. The van der Waals surface area contributed by atoms with Gasteiger partial charge >= 0.3 is 7.60 Å². The molecule has 3 aliphatic heterocycles. The number of rotatable bonds is 22. The Morgan fingerprint density at radius 3 is 2.30 bits per heavy atom. The lowest BCUT2D eigenvalue weighted by molar-refractivity contribution is -0.145. The maximum atomic E-state index is 16.4. The quantitative estimate of drug-likeness (QED) is 0.0428. The Bertz CT molecular complexity index is 3550. The molecule has 27 heteroatoms. The zero-order valence-corrected chi connectivity index (χ0v) is 51.8. The smallest absolute Gasteiger partial charge is 0.396 e. The highest BCUT2D eigenvalue weighted by Gasteiger charge is 2.47. The summed E-state index contributed by atoms with van der Waals surface area (Å²) in [6, 6.07) is 9.51. The molecule has 472 valence electrons. The normalized spacial score (nSPS) is 19.9. The predicted octanol–water partition coefficient (Wildman–Crippen LogP) is 4.60. The number of fused-ring (bicyclic) bond motifs is 2. The number of halogens is 1. The van der Waals surface area contributed by atoms with Crippen molar-refractivity contribution in [2.45, 2.75) is 155 Å². The van der Waals surface area contributed by atoms with Crippen molar-refractivity contribution in [2.75, 3.05) is 26.2 Å². The van der Waals surface area contributed by atoms with Gasteiger partial charge in [0.05, 0.1) is 34.3 Å². The molecule has 88 heavy (non-hydrogen) atoms. The van der Waals surface area contributed by atoms with E-state index in [4.69, 9.17) is 10.5 Å². The molecule has 0 aliphatic carbocycles. The Morgan fingerprint density at radius 2 is 1.64 bits per heavy atom. The van der Waals surface area contributed by atoms with Crippen molar-refractivity contribution in [3.8, 4) is 16.2 Å². The molecule has 0 bridgehead atoms. The number of hydrogen-bond acceptors (Lipinski definition) is 14. The summed E-state index contributed by atoms with van der Waals surface area (Å²) >= 11 is 1.54. The molecular weight excluding hydrogens is 1180 g/mol. The minimum atomic E-state index is -5.11. The number of likely N-dealkylation sites (tertiary alicyclic amines) is 1. The van der Waals surface area contributed by atoms with Gasteiger partial charge in [-0.05, 0) is 117 Å². The van der Waals surface area contributed by atoms with Gasteiger partial charge in [-0.2, -0.15) is 0 Å². The first-order chi connectivity index (χ1) is 41.5. The van der Waals surface area contributed by atoms with Crippen molar-refractivity contribution >= 4 is 82.6 Å². The standard InChI is InChI=1S/C61H76FN10O14PS/c1-32-23-38(9-8-10-51(76)69-54(61(5,6)7)59(81)71-28-43(74)27-48(71)57(79)65-33(2)36-11-13-37(14-12-36)53-34(3)64-31-88-53)52(62)49(24-32)86-30-41(16-20-50(63)75)66-56(78)47-19-17-42-21-22-70(35(4)73)29-46(58(80)72(42)47)68-55(77)45-26-40-25-39(15-18-44(40)67-45)60(82)87(83,84)85/h11-15,18,23-26,31,33,41-43,46-48,54,67,74H,8-10,16-17,19-22,27-30H2,1-7H3,(H2,63,75)(H,65,79)(H,66,78)(H,68,77)(H,69,76)(H2,83,84,85)/t33-,41-,42+,43+,46-,47-,48-,54+/m0/s1. The van der Waals surface area contributed by atoms with Gasteiger partial charge < -0.3 is 66.3 Å². The van der Waals surface area contributed by atoms with Gasteiger partial charge in [0, 0.05) is 68.3 Å². The van der Waals surface area contributed by atoms with Gasteiger partial charge in [0.15, 0.2) is 11.6 Å². The summed E-state index contributed by atoms with van der Waals surface area (Å²) < 4.78 is 34.1. The number of nitrogens with zero attached hydrogens (tertiary/aromatic N) is 4. The van der Waals surface area contributed by atoms with E-state index in [9.17, 15) is 62.6 Å². The maximum absolute atomic E-state index is 16.4. The highest BCUT2D eigenvalue weighted by molar-refractivity contribution is 7.70. The molecule has 5 heterocycles. The Kier molecular flexibility index (Phi) is 20.8. The second-order valence-corrected chi connectivity index (χ2v) is 26.4. The number of nitrogens with one attached hydrogen (secondary N) is 5. The van der Waals surface area contributed by atoms with Gasteiger partial charge in [-0.25, -0.2) is 9.37 Å². The lowest BCUT2D eigenvalue weighted by Crippen LogP contribution is -2.61. The van der Waals surface area contributed by atoms with E-state index < -0.39 is 114 Å². The van der Waals surface area contributed by atoms with Crippen molar-refractivity contribution in [2.24, 2.45) is 11.1 Å². The number of aliphatic hydroxyl groups excluding tert-OH is 1. The number of benzene rings is 3. The number of amides is 8. The molecular formula is C61H76FN10O14PS. The van der Waals surface area contributed by atoms with Crippen LogP contribution in [0.2, 0.25) is 0 Å². The number of aliphatic hydroxyl groups is 1. The molecule has 8 rings (SSSR count). The summed E-state index contributed by atoms with van der Waals surface area (Å²) in [6.07, 6.45) is -0.205. The molecule has 10 N–H and O–H groups in total. The topological polar surface area (TPSA) is 353 Å². The molecule has 3 aliphatic rings. The monoisotopic (exact) mass is 1250 g/mol. The van der Waals surface area contributed by atoms with E-state index in [1.807, 2.05) is 38.1 Å². The molecule has 24 nitrogen and oxygen atoms in total. The number of hydrogen-bond donors (Lipinski definition) is 9. The maximum Gasteiger partial charge on any atom is 0.396 e. The summed E-state index contributed by atoms with van der Waals surface area (Å²) in [5, 5.41) is 22.4. The van der Waals surface area contributed by atoms with Crippen LogP contribution in [-0.4, -0.2) is 161 Å². The highest BCUT2D eigenvalue weighted by atomic mass is 32.1. The fraction of sp³-hybridized carbons (Fsp3) is 0.475. The number of H-pyrrole nitrogens is 1. The number of β-amino-alcohol motifs (C(OH)–C–C–N with tert-alkyl or cyclic N) is 1. The van der Waals surface area contributed by atoms with Crippen LogP contribution in [0, 0.1) is 25.1 Å². The Morgan fingerprint density at radius 1 is 0.920 bits per heavy atom. The van der Waals surface area contributed by atoms with E-state index in [1.165, 1.54) is 63.3 Å². The molecule has 3 saturated heterocycles. The number of carbonyl (C=O) groups is 9. The van der Waals surface area contributed by atoms with Gasteiger partial charge in [0.2, 0.25) is 41.4 Å². The second kappa shape index (κ2) is 27.6. The molecule has 3 aromatic carbocycles. The number of aryl methyl sites for hydroxylation is 3. The third-order valence-electron chi connectivity index (χ3n) is 16.3. The van der Waals surface area contributed by atoms with Gasteiger partial charge in [-0.1, -0.05) is 51.1 Å². The van der Waals surface area contributed by atoms with Crippen LogP contribution in [0.25, 0.3) is 21.3 Å². The van der Waals surface area contributed by atoms with Gasteiger partial charge in [0.25, 0.3) is 11.4 Å². The highest BCUT2D eigenvalue weighted by Crippen LogP contribution is 2.40. The molecule has 0 radical (unpaired) electrons. The SMILES string of the molecule is CC(=O)N1CC[C@H]2CC[C@@H](C(=O)N[C@@H](CCC(N)=O)COc3cc(C)cc(CCCC(=O)N[C@H](C(=O)N4C[C@H](O)C[C@H]4C(=O)N[C@@H](C)c4ccc(-c5scnc5C)cc4)C(C)(C)C)c3F)N2C(=O)[C@@H](NC(=O)c2cc3cc(C(=O)P(=O)(O)O)ccc3[nH]2)C1. The predicted molar refractivity (Wildman–Crippen MR) is 323 cm³/mol. The number of aromatic amines is 1. The first-order valence-corrected chi connectivity index (χ1v) is 31.7. The first-order valence-electron chi connectivity index (χ1n) is 29.2. The summed E-state index contributed by atoms with van der Waals surface area (Å²) in [5.74, 6) is -5.48. The van der Waals surface area contributed by atoms with Crippen LogP contribution in [0.1, 0.15) is 135 Å². The van der Waals surface area contributed by atoms with Crippen LogP contribution in [0.3, 0.4) is 0 Å². The van der Waals surface area contributed by atoms with Crippen LogP contribution in [0.5, 0.6) is 5.75 Å². The van der Waals surface area contributed by atoms with Crippen molar-refractivity contribution in [3.63, 3.8) is 0 Å². The van der Waals surface area contributed by atoms with Gasteiger partial charge in [0.1, 0.15) is 36.5 Å².